The molecule has 0 unspecified atom stereocenters. The Morgan fingerprint density at radius 3 is 2.96 bits per heavy atom. The molecule has 0 bridgehead atoms. The number of thiazole rings is 1. The maximum Gasteiger partial charge on any atom is 0.249 e. The second kappa shape index (κ2) is 7.22. The van der Waals surface area contributed by atoms with E-state index in [1.165, 1.54) is 22.7 Å². The molecule has 1 N–H and O–H groups in total. The van der Waals surface area contributed by atoms with Crippen LogP contribution >= 0.6 is 23.1 Å². The number of carbonyl (C=O) groups is 2. The van der Waals surface area contributed by atoms with Gasteiger partial charge in [0.2, 0.25) is 11.8 Å². The van der Waals surface area contributed by atoms with Crippen molar-refractivity contribution in [2.45, 2.75) is 64.4 Å². The molecule has 8 heteroatoms. The van der Waals surface area contributed by atoms with Crippen molar-refractivity contribution in [3.8, 4) is 11.3 Å². The fraction of sp³-hybridized carbons (Fsp3) is 0.550. The summed E-state index contributed by atoms with van der Waals surface area (Å²) in [5, 5.41) is 5.52. The van der Waals surface area contributed by atoms with Crippen LogP contribution in [0, 0.1) is 13.8 Å². The van der Waals surface area contributed by atoms with Gasteiger partial charge in [0.05, 0.1) is 10.6 Å². The van der Waals surface area contributed by atoms with E-state index in [0.29, 0.717) is 17.3 Å². The average molecular weight is 419 g/mol. The number of fused-ring (bicyclic) bond motifs is 1. The van der Waals surface area contributed by atoms with Gasteiger partial charge in [-0.2, -0.15) is 0 Å². The third-order valence-corrected chi connectivity index (χ3v) is 8.04. The van der Waals surface area contributed by atoms with Gasteiger partial charge in [-0.15, -0.1) is 23.1 Å². The maximum atomic E-state index is 12.8. The summed E-state index contributed by atoms with van der Waals surface area (Å²) in [5.74, 6) is 0.587. The molecule has 2 amide bonds. The molecule has 2 aromatic rings. The van der Waals surface area contributed by atoms with Crippen LogP contribution in [0.1, 0.15) is 44.5 Å². The monoisotopic (exact) mass is 418 g/mol. The minimum atomic E-state index is -0.410. The van der Waals surface area contributed by atoms with Gasteiger partial charge < -0.3 is 14.8 Å². The summed E-state index contributed by atoms with van der Waals surface area (Å²) in [6, 6.07) is 1.75. The van der Waals surface area contributed by atoms with Gasteiger partial charge in [-0.25, -0.2) is 4.98 Å². The lowest BCUT2D eigenvalue weighted by molar-refractivity contribution is -0.135. The average Bonchev–Trinajstić information content (AvgIpc) is 3.37. The molecule has 0 spiro atoms. The van der Waals surface area contributed by atoms with Gasteiger partial charge in [0.15, 0.2) is 5.13 Å². The molecule has 0 saturated carbocycles. The third kappa shape index (κ3) is 3.16. The molecule has 2 atom stereocenters. The second-order valence-corrected chi connectivity index (χ2v) is 10.1. The number of hydrogen-bond donors (Lipinski definition) is 1. The van der Waals surface area contributed by atoms with Gasteiger partial charge in [0.1, 0.15) is 6.04 Å². The first-order chi connectivity index (χ1) is 13.3. The lowest BCUT2D eigenvalue weighted by atomic mass is 10.2. The molecule has 6 nitrogen and oxygen atoms in total. The van der Waals surface area contributed by atoms with Crippen molar-refractivity contribution in [2.75, 3.05) is 11.1 Å². The summed E-state index contributed by atoms with van der Waals surface area (Å²) in [7, 11) is 0. The molecule has 0 radical (unpaired) electrons. The minimum absolute atomic E-state index is 0.0795. The van der Waals surface area contributed by atoms with Gasteiger partial charge in [-0.05, 0) is 39.7 Å². The summed E-state index contributed by atoms with van der Waals surface area (Å²) in [5.41, 5.74) is 4.43. The number of amides is 2. The van der Waals surface area contributed by atoms with Crippen molar-refractivity contribution in [1.82, 2.24) is 14.5 Å². The number of rotatable bonds is 5. The Labute approximate surface area is 173 Å². The van der Waals surface area contributed by atoms with Crippen LogP contribution in [-0.4, -0.2) is 42.9 Å². The first-order valence-electron chi connectivity index (χ1n) is 9.73. The Bertz CT molecular complexity index is 935. The van der Waals surface area contributed by atoms with E-state index < -0.39 is 6.04 Å². The fourth-order valence-electron chi connectivity index (χ4n) is 4.29. The predicted octanol–water partition coefficient (Wildman–Crippen LogP) is 4.03. The highest BCUT2D eigenvalue weighted by Crippen LogP contribution is 2.47. The zero-order valence-electron chi connectivity index (χ0n) is 16.7. The van der Waals surface area contributed by atoms with Gasteiger partial charge in [-0.3, -0.25) is 9.59 Å². The molecule has 2 fully saturated rings. The van der Waals surface area contributed by atoms with Crippen LogP contribution < -0.4 is 5.32 Å². The Morgan fingerprint density at radius 2 is 2.21 bits per heavy atom. The lowest BCUT2D eigenvalue weighted by Crippen LogP contribution is -2.48. The molecule has 2 aromatic heterocycles. The number of aryl methyl sites for hydroxylation is 1. The summed E-state index contributed by atoms with van der Waals surface area (Å²) in [6.07, 6.45) is 2.43. The van der Waals surface area contributed by atoms with E-state index in [1.54, 1.807) is 16.7 Å². The number of nitrogens with one attached hydrogen (secondary N) is 1. The number of hydrogen-bond acceptors (Lipinski definition) is 5. The first kappa shape index (κ1) is 19.5. The Balaban J connectivity index is 1.51. The highest BCUT2D eigenvalue weighted by molar-refractivity contribution is 8.01. The van der Waals surface area contributed by atoms with Crippen molar-refractivity contribution < 1.29 is 9.59 Å². The van der Waals surface area contributed by atoms with Crippen LogP contribution in [0.5, 0.6) is 0 Å². The molecule has 4 rings (SSSR count). The van der Waals surface area contributed by atoms with E-state index in [9.17, 15) is 9.59 Å². The van der Waals surface area contributed by atoms with Crippen molar-refractivity contribution >= 4 is 40.0 Å². The number of carbonyl (C=O) groups excluding carboxylic acids is 2. The maximum absolute atomic E-state index is 12.8. The van der Waals surface area contributed by atoms with Crippen LogP contribution in [0.2, 0.25) is 0 Å². The third-order valence-electron chi connectivity index (χ3n) is 5.78. The van der Waals surface area contributed by atoms with Crippen LogP contribution in [-0.2, 0) is 16.1 Å². The number of aromatic nitrogens is 2. The largest absolute Gasteiger partial charge is 0.348 e. The van der Waals surface area contributed by atoms with Crippen LogP contribution in [0.4, 0.5) is 5.13 Å². The topological polar surface area (TPSA) is 67.2 Å². The fourth-order valence-corrected chi connectivity index (χ4v) is 6.43. The lowest BCUT2D eigenvalue weighted by Gasteiger charge is -2.29. The molecular formula is C20H26N4O2S2. The SMILES string of the molecule is CCCn1c(C)cc(-c2csc(NC(=O)[C@H]3CS[C@]4(C)CCC(=O)N34)n2)c1C. The van der Waals surface area contributed by atoms with Gasteiger partial charge in [0, 0.05) is 41.0 Å². The Morgan fingerprint density at radius 1 is 1.43 bits per heavy atom. The number of thioether (sulfide) groups is 1. The standard InChI is InChI=1S/C20H26N4O2S2/c1-5-8-23-12(2)9-14(13(23)3)15-10-27-19(21-15)22-18(26)16-11-28-20(4)7-6-17(25)24(16)20/h9-10,16H,5-8,11H2,1-4H3,(H,21,22,26)/t16-,20-/m1/s1. The predicted molar refractivity (Wildman–Crippen MR) is 115 cm³/mol. The van der Waals surface area contributed by atoms with Gasteiger partial charge in [-0.1, -0.05) is 6.92 Å². The summed E-state index contributed by atoms with van der Waals surface area (Å²) in [6.45, 7) is 9.46. The van der Waals surface area contributed by atoms with Crippen molar-refractivity contribution in [3.63, 3.8) is 0 Å². The van der Waals surface area contributed by atoms with E-state index in [-0.39, 0.29) is 16.7 Å². The molecule has 2 aliphatic heterocycles. The van der Waals surface area contributed by atoms with E-state index in [0.717, 1.165) is 30.6 Å². The van der Waals surface area contributed by atoms with E-state index >= 15 is 0 Å². The molecule has 4 heterocycles. The molecule has 150 valence electrons. The summed E-state index contributed by atoms with van der Waals surface area (Å²) < 4.78 is 2.31. The van der Waals surface area contributed by atoms with Crippen molar-refractivity contribution in [1.29, 1.82) is 0 Å². The van der Waals surface area contributed by atoms with E-state index in [1.807, 2.05) is 5.38 Å². The van der Waals surface area contributed by atoms with Crippen molar-refractivity contribution in [2.24, 2.45) is 0 Å². The normalized spacial score (nSPS) is 24.1. The van der Waals surface area contributed by atoms with Crippen LogP contribution in [0.3, 0.4) is 0 Å². The smallest absolute Gasteiger partial charge is 0.249 e. The van der Waals surface area contributed by atoms with Crippen LogP contribution in [0.25, 0.3) is 11.3 Å². The Hall–Kier alpha value is -1.80. The Kier molecular flexibility index (Phi) is 5.03. The highest BCUT2D eigenvalue weighted by atomic mass is 32.2. The second-order valence-electron chi connectivity index (χ2n) is 7.73. The minimum Gasteiger partial charge on any atom is -0.348 e. The summed E-state index contributed by atoms with van der Waals surface area (Å²) >= 11 is 3.13. The number of anilines is 1. The molecule has 2 aliphatic rings. The molecule has 0 aliphatic carbocycles. The van der Waals surface area contributed by atoms with Crippen LogP contribution in [0.15, 0.2) is 11.4 Å². The van der Waals surface area contributed by atoms with Gasteiger partial charge >= 0.3 is 0 Å². The van der Waals surface area contributed by atoms with Crippen molar-refractivity contribution in [3.05, 3.63) is 22.8 Å². The summed E-state index contributed by atoms with van der Waals surface area (Å²) in [4.78, 5) is 31.3. The zero-order chi connectivity index (χ0) is 20.1. The molecule has 2 saturated heterocycles. The highest BCUT2D eigenvalue weighted by Gasteiger charge is 2.52. The molecule has 0 aromatic carbocycles. The first-order valence-corrected chi connectivity index (χ1v) is 11.6. The molecular weight excluding hydrogens is 392 g/mol. The molecule has 28 heavy (non-hydrogen) atoms. The van der Waals surface area contributed by atoms with E-state index in [4.69, 9.17) is 0 Å². The van der Waals surface area contributed by atoms with E-state index in [2.05, 4.69) is 48.6 Å². The number of nitrogens with zero attached hydrogens (tertiary/aromatic N) is 3. The quantitative estimate of drug-likeness (QED) is 0.796. The zero-order valence-corrected chi connectivity index (χ0v) is 18.4. The van der Waals surface area contributed by atoms with Gasteiger partial charge in [0.25, 0.3) is 0 Å².